The maximum atomic E-state index is 11.8. The third-order valence-corrected chi connectivity index (χ3v) is 3.85. The van der Waals surface area contributed by atoms with Crippen molar-refractivity contribution >= 4 is 29.5 Å². The predicted octanol–water partition coefficient (Wildman–Crippen LogP) is 1.89. The van der Waals surface area contributed by atoms with E-state index >= 15 is 0 Å². The molecule has 0 saturated carbocycles. The molecule has 0 aromatic carbocycles. The van der Waals surface area contributed by atoms with Crippen molar-refractivity contribution in [1.29, 1.82) is 0 Å². The topological polar surface area (TPSA) is 32.3 Å². The fraction of sp³-hybridized carbons (Fsp3) is 0.583. The molecule has 1 aromatic rings. The van der Waals surface area contributed by atoms with Crippen LogP contribution in [0.25, 0.3) is 0 Å². The molecule has 1 aromatic heterocycles. The first-order chi connectivity index (χ1) is 7.75. The van der Waals surface area contributed by atoms with E-state index in [1.165, 1.54) is 17.8 Å². The Morgan fingerprint density at radius 2 is 2.47 bits per heavy atom. The first kappa shape index (κ1) is 14.6. The van der Waals surface area contributed by atoms with E-state index in [-0.39, 0.29) is 18.2 Å². The predicted molar refractivity (Wildman–Crippen MR) is 74.4 cm³/mol. The second kappa shape index (κ2) is 7.11. The van der Waals surface area contributed by atoms with Gasteiger partial charge in [-0.15, -0.1) is 23.7 Å². The molecule has 17 heavy (non-hydrogen) atoms. The summed E-state index contributed by atoms with van der Waals surface area (Å²) in [6.07, 6.45) is 1.23. The number of carbonyl (C=O) groups is 1. The Hall–Kier alpha value is -0.420. The molecule has 1 fully saturated rings. The van der Waals surface area contributed by atoms with Crippen molar-refractivity contribution in [2.75, 3.05) is 33.2 Å². The molecule has 3 nitrogen and oxygen atoms in total. The van der Waals surface area contributed by atoms with Gasteiger partial charge in [0.25, 0.3) is 0 Å². The summed E-state index contributed by atoms with van der Waals surface area (Å²) in [5, 5.41) is 5.30. The van der Waals surface area contributed by atoms with Gasteiger partial charge in [-0.2, -0.15) is 0 Å². The first-order valence-electron chi connectivity index (χ1n) is 5.71. The van der Waals surface area contributed by atoms with Gasteiger partial charge in [0.1, 0.15) is 0 Å². The molecule has 1 saturated heterocycles. The number of carbonyl (C=O) groups excluding carboxylic acids is 1. The largest absolute Gasteiger partial charge is 0.316 e. The molecule has 1 unspecified atom stereocenters. The summed E-state index contributed by atoms with van der Waals surface area (Å²) < 4.78 is 0. The van der Waals surface area contributed by atoms with Crippen molar-refractivity contribution < 1.29 is 4.79 Å². The van der Waals surface area contributed by atoms with Crippen LogP contribution in [0.1, 0.15) is 16.1 Å². The highest BCUT2D eigenvalue weighted by Crippen LogP contribution is 2.12. The lowest BCUT2D eigenvalue weighted by Gasteiger charge is -2.19. The zero-order valence-electron chi connectivity index (χ0n) is 10.0. The van der Waals surface area contributed by atoms with Crippen LogP contribution in [0.3, 0.4) is 0 Å². The van der Waals surface area contributed by atoms with Crippen LogP contribution in [0.2, 0.25) is 0 Å². The van der Waals surface area contributed by atoms with Crippen molar-refractivity contribution in [3.8, 4) is 0 Å². The molecule has 96 valence electrons. The van der Waals surface area contributed by atoms with E-state index in [2.05, 4.69) is 10.2 Å². The van der Waals surface area contributed by atoms with Crippen molar-refractivity contribution in [2.24, 2.45) is 5.92 Å². The second-order valence-corrected chi connectivity index (χ2v) is 5.40. The summed E-state index contributed by atoms with van der Waals surface area (Å²) in [6, 6.07) is 3.83. The monoisotopic (exact) mass is 274 g/mol. The number of hydrogen-bond donors (Lipinski definition) is 1. The number of ketones is 1. The number of halogens is 1. The van der Waals surface area contributed by atoms with Gasteiger partial charge in [0.05, 0.1) is 11.4 Å². The second-order valence-electron chi connectivity index (χ2n) is 4.46. The number of Topliss-reactive ketones (excluding diaryl/α,β-unsaturated/α-hetero) is 1. The molecule has 1 aliphatic rings. The normalized spacial score (nSPS) is 19.3. The van der Waals surface area contributed by atoms with Crippen molar-refractivity contribution in [3.63, 3.8) is 0 Å². The molecular formula is C12H19ClN2OS. The third-order valence-electron chi connectivity index (χ3n) is 2.94. The minimum Gasteiger partial charge on any atom is -0.316 e. The Morgan fingerprint density at radius 3 is 3.06 bits per heavy atom. The van der Waals surface area contributed by atoms with Gasteiger partial charge in [-0.25, -0.2) is 0 Å². The molecule has 1 atom stereocenters. The summed E-state index contributed by atoms with van der Waals surface area (Å²) in [7, 11) is 2.03. The minimum absolute atomic E-state index is 0. The van der Waals surface area contributed by atoms with E-state index in [0.717, 1.165) is 24.5 Å². The highest BCUT2D eigenvalue weighted by molar-refractivity contribution is 7.12. The van der Waals surface area contributed by atoms with E-state index < -0.39 is 0 Å². The van der Waals surface area contributed by atoms with Crippen LogP contribution in [0, 0.1) is 5.92 Å². The standard InChI is InChI=1S/C12H18N2OS.ClH/c1-14(8-10-4-5-13-7-10)9-11(15)12-3-2-6-16-12;/h2-3,6,10,13H,4-5,7-9H2,1H3;1H. The molecule has 1 N–H and O–H groups in total. The molecule has 0 aliphatic carbocycles. The number of thiophene rings is 1. The first-order valence-corrected chi connectivity index (χ1v) is 6.59. The minimum atomic E-state index is 0. The molecule has 0 bridgehead atoms. The van der Waals surface area contributed by atoms with E-state index in [0.29, 0.717) is 12.5 Å². The number of likely N-dealkylation sites (N-methyl/N-ethyl adjacent to an activating group) is 1. The van der Waals surface area contributed by atoms with Crippen LogP contribution in [0.4, 0.5) is 0 Å². The highest BCUT2D eigenvalue weighted by atomic mass is 35.5. The van der Waals surface area contributed by atoms with Gasteiger partial charge in [-0.3, -0.25) is 9.69 Å². The molecule has 2 heterocycles. The van der Waals surface area contributed by atoms with E-state index in [1.807, 2.05) is 24.6 Å². The fourth-order valence-electron chi connectivity index (χ4n) is 2.14. The molecule has 2 rings (SSSR count). The van der Waals surface area contributed by atoms with Gasteiger partial charge in [0.15, 0.2) is 5.78 Å². The molecule has 1 aliphatic heterocycles. The third kappa shape index (κ3) is 4.39. The zero-order valence-corrected chi connectivity index (χ0v) is 11.6. The van der Waals surface area contributed by atoms with Gasteiger partial charge < -0.3 is 5.32 Å². The summed E-state index contributed by atoms with van der Waals surface area (Å²) in [5.74, 6) is 0.949. The summed E-state index contributed by atoms with van der Waals surface area (Å²) in [5.41, 5.74) is 0. The van der Waals surface area contributed by atoms with Crippen molar-refractivity contribution in [2.45, 2.75) is 6.42 Å². The van der Waals surface area contributed by atoms with Crippen LogP contribution in [-0.4, -0.2) is 43.9 Å². The van der Waals surface area contributed by atoms with Gasteiger partial charge in [-0.05, 0) is 43.9 Å². The van der Waals surface area contributed by atoms with Crippen LogP contribution >= 0.6 is 23.7 Å². The smallest absolute Gasteiger partial charge is 0.186 e. The summed E-state index contributed by atoms with van der Waals surface area (Å²) in [6.45, 7) is 3.77. The van der Waals surface area contributed by atoms with Crippen molar-refractivity contribution in [3.05, 3.63) is 22.4 Å². The lowest BCUT2D eigenvalue weighted by atomic mass is 10.1. The number of nitrogens with one attached hydrogen (secondary N) is 1. The maximum Gasteiger partial charge on any atom is 0.186 e. The maximum absolute atomic E-state index is 11.8. The molecule has 0 spiro atoms. The Balaban J connectivity index is 0.00000144. The SMILES string of the molecule is CN(CC(=O)c1cccs1)CC1CCNC1.Cl. The number of nitrogens with zero attached hydrogens (tertiary/aromatic N) is 1. The molecule has 5 heteroatoms. The van der Waals surface area contributed by atoms with Crippen LogP contribution < -0.4 is 5.32 Å². The molecule has 0 radical (unpaired) electrons. The Bertz CT molecular complexity index is 336. The van der Waals surface area contributed by atoms with E-state index in [1.54, 1.807) is 0 Å². The van der Waals surface area contributed by atoms with Crippen LogP contribution in [0.5, 0.6) is 0 Å². The van der Waals surface area contributed by atoms with Crippen LogP contribution in [-0.2, 0) is 0 Å². The van der Waals surface area contributed by atoms with E-state index in [9.17, 15) is 4.79 Å². The number of hydrogen-bond acceptors (Lipinski definition) is 4. The Morgan fingerprint density at radius 1 is 1.65 bits per heavy atom. The summed E-state index contributed by atoms with van der Waals surface area (Å²) in [4.78, 5) is 14.9. The average Bonchev–Trinajstić information content (AvgIpc) is 2.88. The zero-order chi connectivity index (χ0) is 11.4. The average molecular weight is 275 g/mol. The van der Waals surface area contributed by atoms with Crippen molar-refractivity contribution in [1.82, 2.24) is 10.2 Å². The van der Waals surface area contributed by atoms with Crippen LogP contribution in [0.15, 0.2) is 17.5 Å². The highest BCUT2D eigenvalue weighted by Gasteiger charge is 2.18. The van der Waals surface area contributed by atoms with Gasteiger partial charge in [0, 0.05) is 6.54 Å². The van der Waals surface area contributed by atoms with Gasteiger partial charge in [-0.1, -0.05) is 6.07 Å². The fourth-order valence-corrected chi connectivity index (χ4v) is 2.79. The molecule has 0 amide bonds. The van der Waals surface area contributed by atoms with E-state index in [4.69, 9.17) is 0 Å². The molecular weight excluding hydrogens is 256 g/mol. The Kier molecular flexibility index (Phi) is 6.12. The lowest BCUT2D eigenvalue weighted by Crippen LogP contribution is -2.31. The quantitative estimate of drug-likeness (QED) is 0.833. The van der Waals surface area contributed by atoms with Gasteiger partial charge >= 0.3 is 0 Å². The summed E-state index contributed by atoms with van der Waals surface area (Å²) >= 11 is 1.53. The number of rotatable bonds is 5. The van der Waals surface area contributed by atoms with Gasteiger partial charge in [0.2, 0.25) is 0 Å². The Labute approximate surface area is 113 Å². The lowest BCUT2D eigenvalue weighted by molar-refractivity contribution is 0.0943.